The molecule has 0 aliphatic heterocycles. The van der Waals surface area contributed by atoms with Gasteiger partial charge < -0.3 is 10.2 Å². The highest BCUT2D eigenvalue weighted by Gasteiger charge is 2.11. The van der Waals surface area contributed by atoms with Crippen molar-refractivity contribution < 1.29 is 19.4 Å². The van der Waals surface area contributed by atoms with Crippen molar-refractivity contribution in [1.29, 1.82) is 0 Å². The van der Waals surface area contributed by atoms with E-state index in [-0.39, 0.29) is 24.2 Å². The van der Waals surface area contributed by atoms with Crippen LogP contribution in [0.5, 0.6) is 0 Å². The second-order valence-electron chi connectivity index (χ2n) is 3.04. The molecule has 0 aromatic heterocycles. The lowest BCUT2D eigenvalue weighted by Gasteiger charge is -2.05. The first-order valence-corrected chi connectivity index (χ1v) is 4.19. The van der Waals surface area contributed by atoms with Gasteiger partial charge in [-0.1, -0.05) is 0 Å². The van der Waals surface area contributed by atoms with Gasteiger partial charge in [-0.2, -0.15) is 0 Å². The normalized spacial score (nSPS) is 10.2. The number of rotatable bonds is 3. The topological polar surface area (TPSA) is 57.5 Å². The van der Waals surface area contributed by atoms with Gasteiger partial charge in [0.1, 0.15) is 5.82 Å². The van der Waals surface area contributed by atoms with E-state index in [1.165, 1.54) is 19.1 Å². The van der Waals surface area contributed by atoms with E-state index in [2.05, 4.69) is 0 Å². The number of aliphatic hydroxyl groups excluding tert-OH is 1. The molecule has 0 heterocycles. The van der Waals surface area contributed by atoms with Crippen LogP contribution in [0, 0.1) is 12.7 Å². The van der Waals surface area contributed by atoms with Crippen molar-refractivity contribution in [3.63, 3.8) is 0 Å². The number of carboxylic acid groups (broad SMARTS) is 1. The molecule has 76 valence electrons. The molecular weight excluding hydrogens is 187 g/mol. The first-order valence-electron chi connectivity index (χ1n) is 4.19. The molecule has 0 amide bonds. The summed E-state index contributed by atoms with van der Waals surface area (Å²) < 4.78 is 13.2. The van der Waals surface area contributed by atoms with E-state index in [9.17, 15) is 9.18 Å². The van der Waals surface area contributed by atoms with Crippen LogP contribution < -0.4 is 0 Å². The molecule has 0 radical (unpaired) electrons. The highest BCUT2D eigenvalue weighted by molar-refractivity contribution is 5.89. The predicted molar refractivity (Wildman–Crippen MR) is 48.9 cm³/mol. The molecule has 0 fully saturated rings. The Hall–Kier alpha value is -1.42. The minimum Gasteiger partial charge on any atom is -0.478 e. The number of aryl methyl sites for hydroxylation is 1. The summed E-state index contributed by atoms with van der Waals surface area (Å²) in [5, 5.41) is 17.4. The lowest BCUT2D eigenvalue weighted by molar-refractivity contribution is 0.0696. The van der Waals surface area contributed by atoms with Crippen molar-refractivity contribution in [2.45, 2.75) is 13.3 Å². The van der Waals surface area contributed by atoms with E-state index in [0.717, 1.165) is 0 Å². The first-order chi connectivity index (χ1) is 6.56. The van der Waals surface area contributed by atoms with Crippen LogP contribution in [-0.4, -0.2) is 22.8 Å². The Bertz CT molecular complexity index is 361. The zero-order valence-electron chi connectivity index (χ0n) is 7.75. The third-order valence-electron chi connectivity index (χ3n) is 2.00. The van der Waals surface area contributed by atoms with E-state index in [1.807, 2.05) is 0 Å². The third-order valence-corrected chi connectivity index (χ3v) is 2.00. The van der Waals surface area contributed by atoms with Crippen molar-refractivity contribution in [3.05, 3.63) is 34.6 Å². The quantitative estimate of drug-likeness (QED) is 0.771. The molecule has 0 atom stereocenters. The minimum atomic E-state index is -1.08. The minimum absolute atomic E-state index is 0.0786. The molecule has 0 spiro atoms. The monoisotopic (exact) mass is 198 g/mol. The maximum atomic E-state index is 13.2. The van der Waals surface area contributed by atoms with Gasteiger partial charge in [-0.05, 0) is 36.6 Å². The van der Waals surface area contributed by atoms with Gasteiger partial charge in [0.25, 0.3) is 0 Å². The SMILES string of the molecule is Cc1cc(F)c(CCO)cc1C(=O)O. The molecule has 1 rings (SSSR count). The summed E-state index contributed by atoms with van der Waals surface area (Å²) >= 11 is 0. The number of hydrogen-bond acceptors (Lipinski definition) is 2. The van der Waals surface area contributed by atoms with E-state index in [4.69, 9.17) is 10.2 Å². The van der Waals surface area contributed by atoms with Crippen LogP contribution in [0.4, 0.5) is 4.39 Å². The second kappa shape index (κ2) is 4.19. The Morgan fingerprint density at radius 2 is 2.14 bits per heavy atom. The number of hydrogen-bond donors (Lipinski definition) is 2. The van der Waals surface area contributed by atoms with E-state index in [1.54, 1.807) is 0 Å². The fourth-order valence-corrected chi connectivity index (χ4v) is 1.26. The summed E-state index contributed by atoms with van der Waals surface area (Å²) in [5.74, 6) is -1.55. The maximum absolute atomic E-state index is 13.2. The van der Waals surface area contributed by atoms with E-state index >= 15 is 0 Å². The van der Waals surface area contributed by atoms with Crippen molar-refractivity contribution in [2.24, 2.45) is 0 Å². The smallest absolute Gasteiger partial charge is 0.335 e. The van der Waals surface area contributed by atoms with Crippen molar-refractivity contribution >= 4 is 5.97 Å². The number of benzene rings is 1. The van der Waals surface area contributed by atoms with Crippen molar-refractivity contribution in [1.82, 2.24) is 0 Å². The molecule has 2 N–H and O–H groups in total. The molecule has 0 aliphatic carbocycles. The van der Waals surface area contributed by atoms with Gasteiger partial charge in [0, 0.05) is 6.61 Å². The number of aromatic carboxylic acids is 1. The van der Waals surface area contributed by atoms with Gasteiger partial charge in [0.2, 0.25) is 0 Å². The van der Waals surface area contributed by atoms with Crippen LogP contribution in [0.25, 0.3) is 0 Å². The van der Waals surface area contributed by atoms with Gasteiger partial charge in [-0.15, -0.1) is 0 Å². The Labute approximate surface area is 80.8 Å². The number of aliphatic hydroxyl groups is 1. The van der Waals surface area contributed by atoms with Gasteiger partial charge in [0.05, 0.1) is 5.56 Å². The van der Waals surface area contributed by atoms with Crippen molar-refractivity contribution in [2.75, 3.05) is 6.61 Å². The van der Waals surface area contributed by atoms with Gasteiger partial charge in [-0.25, -0.2) is 9.18 Å². The Balaban J connectivity index is 3.20. The molecule has 0 bridgehead atoms. The molecule has 0 saturated carbocycles. The lowest BCUT2D eigenvalue weighted by atomic mass is 10.0. The average Bonchev–Trinajstić information content (AvgIpc) is 2.09. The second-order valence-corrected chi connectivity index (χ2v) is 3.04. The summed E-state index contributed by atoms with van der Waals surface area (Å²) in [7, 11) is 0. The molecule has 1 aromatic carbocycles. The molecule has 0 saturated heterocycles. The van der Waals surface area contributed by atoms with Gasteiger partial charge >= 0.3 is 5.97 Å². The highest BCUT2D eigenvalue weighted by atomic mass is 19.1. The van der Waals surface area contributed by atoms with E-state index in [0.29, 0.717) is 5.56 Å². The average molecular weight is 198 g/mol. The van der Waals surface area contributed by atoms with Crippen LogP contribution in [0.15, 0.2) is 12.1 Å². The first kappa shape index (κ1) is 10.7. The summed E-state index contributed by atoms with van der Waals surface area (Å²) in [4.78, 5) is 10.7. The largest absolute Gasteiger partial charge is 0.478 e. The lowest BCUT2D eigenvalue weighted by Crippen LogP contribution is -2.04. The third kappa shape index (κ3) is 2.09. The van der Waals surface area contributed by atoms with Crippen LogP contribution in [0.1, 0.15) is 21.5 Å². The van der Waals surface area contributed by atoms with E-state index < -0.39 is 11.8 Å². The number of carboxylic acids is 1. The zero-order chi connectivity index (χ0) is 10.7. The van der Waals surface area contributed by atoms with Crippen molar-refractivity contribution in [3.8, 4) is 0 Å². The summed E-state index contributed by atoms with van der Waals surface area (Å²) in [6, 6.07) is 2.44. The molecule has 4 heteroatoms. The van der Waals surface area contributed by atoms with Crippen LogP contribution in [0.2, 0.25) is 0 Å². The Kier molecular flexibility index (Phi) is 3.19. The fraction of sp³-hybridized carbons (Fsp3) is 0.300. The highest BCUT2D eigenvalue weighted by Crippen LogP contribution is 2.15. The maximum Gasteiger partial charge on any atom is 0.335 e. The van der Waals surface area contributed by atoms with Crippen LogP contribution >= 0.6 is 0 Å². The Morgan fingerprint density at radius 1 is 1.50 bits per heavy atom. The molecule has 3 nitrogen and oxygen atoms in total. The predicted octanol–water partition coefficient (Wildman–Crippen LogP) is 1.37. The van der Waals surface area contributed by atoms with Gasteiger partial charge in [-0.3, -0.25) is 0 Å². The summed E-state index contributed by atoms with van der Waals surface area (Å²) in [6.07, 6.45) is 0.131. The zero-order valence-corrected chi connectivity index (χ0v) is 7.75. The summed E-state index contributed by atoms with van der Waals surface area (Å²) in [5.41, 5.74) is 0.696. The van der Waals surface area contributed by atoms with Crippen LogP contribution in [0.3, 0.4) is 0 Å². The molecule has 14 heavy (non-hydrogen) atoms. The van der Waals surface area contributed by atoms with Gasteiger partial charge in [0.15, 0.2) is 0 Å². The number of halogens is 1. The molecular formula is C10H11FO3. The number of carbonyl (C=O) groups is 1. The molecule has 0 aliphatic rings. The van der Waals surface area contributed by atoms with Crippen LogP contribution in [-0.2, 0) is 6.42 Å². The Morgan fingerprint density at radius 3 is 2.64 bits per heavy atom. The standard InChI is InChI=1S/C10H11FO3/c1-6-4-9(11)7(2-3-12)5-8(6)10(13)14/h4-5,12H,2-3H2,1H3,(H,13,14). The molecule has 1 aromatic rings. The molecule has 0 unspecified atom stereocenters. The fourth-order valence-electron chi connectivity index (χ4n) is 1.26. The summed E-state index contributed by atoms with van der Waals surface area (Å²) in [6.45, 7) is 1.34.